The van der Waals surface area contributed by atoms with Gasteiger partial charge in [0.25, 0.3) is 0 Å². The van der Waals surface area contributed by atoms with E-state index < -0.39 is 5.60 Å². The van der Waals surface area contributed by atoms with Crippen molar-refractivity contribution in [1.29, 1.82) is 0 Å². The first kappa shape index (κ1) is 20.6. The summed E-state index contributed by atoms with van der Waals surface area (Å²) in [5.41, 5.74) is 5.14. The fourth-order valence-corrected chi connectivity index (χ4v) is 6.50. The Morgan fingerprint density at radius 2 is 1.81 bits per heavy atom. The van der Waals surface area contributed by atoms with Crippen molar-refractivity contribution in [3.63, 3.8) is 0 Å². The largest absolute Gasteiger partial charge is 0.385 e. The van der Waals surface area contributed by atoms with Gasteiger partial charge in [-0.2, -0.15) is 0 Å². The molecule has 1 nitrogen and oxygen atoms in total. The number of fused-ring (bicyclic) bond motifs is 1. The highest BCUT2D eigenvalue weighted by Crippen LogP contribution is 2.73. The number of aliphatic hydroxyl groups is 1. The summed E-state index contributed by atoms with van der Waals surface area (Å²) in [6.45, 7) is 15.6. The van der Waals surface area contributed by atoms with Gasteiger partial charge in [-0.25, -0.2) is 0 Å². The van der Waals surface area contributed by atoms with Crippen LogP contribution in [0.2, 0.25) is 0 Å². The second-order valence-electron chi connectivity index (χ2n) is 9.39. The van der Waals surface area contributed by atoms with E-state index in [0.717, 1.165) is 31.3 Å². The van der Waals surface area contributed by atoms with Crippen molar-refractivity contribution in [3.05, 3.63) is 47.1 Å². The van der Waals surface area contributed by atoms with Gasteiger partial charge in [0.15, 0.2) is 0 Å². The second-order valence-corrected chi connectivity index (χ2v) is 9.39. The third-order valence-electron chi connectivity index (χ3n) is 8.05. The number of hydrogen-bond donors (Lipinski definition) is 1. The Hall–Kier alpha value is -1.08. The molecule has 150 valence electrons. The zero-order chi connectivity index (χ0) is 19.8. The Labute approximate surface area is 167 Å². The lowest BCUT2D eigenvalue weighted by atomic mass is 9.68. The summed E-state index contributed by atoms with van der Waals surface area (Å²) in [5.74, 6) is 1.95. The van der Waals surface area contributed by atoms with Gasteiger partial charge in [-0.1, -0.05) is 77.7 Å². The first-order valence-electron chi connectivity index (χ1n) is 11.3. The predicted molar refractivity (Wildman–Crippen MR) is 117 cm³/mol. The standard InChI is InChI=1S/C26H40O/c1-7-18(8-2)23-22(20(11-5)21-17-25(21,23)6)24(19(9-3)10-4)26(27)15-13-12-14-16-26/h9-11,18,21,23,27H,3,7-8,12-17H2,1-2,4-6H3/b19-10-,20-11+,24-22-. The van der Waals surface area contributed by atoms with Crippen LogP contribution in [0, 0.1) is 23.2 Å². The Morgan fingerprint density at radius 1 is 1.19 bits per heavy atom. The van der Waals surface area contributed by atoms with Crippen LogP contribution in [0.15, 0.2) is 47.1 Å². The topological polar surface area (TPSA) is 20.2 Å². The van der Waals surface area contributed by atoms with Gasteiger partial charge in [0.2, 0.25) is 0 Å². The average molecular weight is 369 g/mol. The molecule has 0 amide bonds. The number of allylic oxidation sites excluding steroid dienone is 5. The Kier molecular flexibility index (Phi) is 5.92. The van der Waals surface area contributed by atoms with E-state index in [4.69, 9.17) is 0 Å². The van der Waals surface area contributed by atoms with Crippen LogP contribution in [0.4, 0.5) is 0 Å². The molecule has 3 aliphatic carbocycles. The monoisotopic (exact) mass is 368 g/mol. The quantitative estimate of drug-likeness (QED) is 0.494. The van der Waals surface area contributed by atoms with Crippen molar-refractivity contribution in [2.24, 2.45) is 23.2 Å². The highest BCUT2D eigenvalue weighted by Gasteiger charge is 2.65. The van der Waals surface area contributed by atoms with Crippen LogP contribution in [-0.2, 0) is 0 Å². The van der Waals surface area contributed by atoms with Crippen LogP contribution in [0.5, 0.6) is 0 Å². The van der Waals surface area contributed by atoms with Crippen molar-refractivity contribution in [2.45, 2.75) is 91.6 Å². The summed E-state index contributed by atoms with van der Waals surface area (Å²) in [5, 5.41) is 11.9. The van der Waals surface area contributed by atoms with E-state index in [0.29, 0.717) is 23.2 Å². The van der Waals surface area contributed by atoms with Crippen LogP contribution in [-0.4, -0.2) is 10.7 Å². The lowest BCUT2D eigenvalue weighted by Crippen LogP contribution is -2.37. The van der Waals surface area contributed by atoms with E-state index >= 15 is 0 Å². The van der Waals surface area contributed by atoms with Crippen molar-refractivity contribution in [3.8, 4) is 0 Å². The lowest BCUT2D eigenvalue weighted by Gasteiger charge is -2.40. The molecule has 3 unspecified atom stereocenters. The zero-order valence-corrected chi connectivity index (χ0v) is 18.3. The maximum absolute atomic E-state index is 11.9. The summed E-state index contributed by atoms with van der Waals surface area (Å²) in [4.78, 5) is 0. The molecule has 0 aromatic carbocycles. The Balaban J connectivity index is 2.27. The number of hydrogen-bond acceptors (Lipinski definition) is 1. The predicted octanol–water partition coefficient (Wildman–Crippen LogP) is 7.15. The van der Waals surface area contributed by atoms with Crippen molar-refractivity contribution >= 4 is 0 Å². The minimum atomic E-state index is -0.685. The van der Waals surface area contributed by atoms with Crippen LogP contribution in [0.3, 0.4) is 0 Å². The van der Waals surface area contributed by atoms with E-state index in [1.165, 1.54) is 42.4 Å². The first-order chi connectivity index (χ1) is 12.9. The maximum Gasteiger partial charge on any atom is 0.0905 e. The Morgan fingerprint density at radius 3 is 2.30 bits per heavy atom. The highest BCUT2D eigenvalue weighted by atomic mass is 16.3. The molecule has 0 aromatic heterocycles. The summed E-state index contributed by atoms with van der Waals surface area (Å²) < 4.78 is 0. The van der Waals surface area contributed by atoms with Crippen LogP contribution >= 0.6 is 0 Å². The molecular formula is C26H40O. The van der Waals surface area contributed by atoms with Gasteiger partial charge in [0.1, 0.15) is 0 Å². The summed E-state index contributed by atoms with van der Waals surface area (Å²) in [6.07, 6.45) is 15.6. The molecule has 0 aliphatic heterocycles. The van der Waals surface area contributed by atoms with Crippen LogP contribution < -0.4 is 0 Å². The molecule has 0 radical (unpaired) electrons. The third kappa shape index (κ3) is 3.20. The molecule has 0 bridgehead atoms. The molecule has 3 atom stereocenters. The van der Waals surface area contributed by atoms with Gasteiger partial charge >= 0.3 is 0 Å². The van der Waals surface area contributed by atoms with Crippen LogP contribution in [0.1, 0.15) is 86.0 Å². The summed E-state index contributed by atoms with van der Waals surface area (Å²) in [7, 11) is 0. The highest BCUT2D eigenvalue weighted by molar-refractivity contribution is 5.60. The maximum atomic E-state index is 11.9. The zero-order valence-electron chi connectivity index (χ0n) is 18.3. The van der Waals surface area contributed by atoms with Crippen LogP contribution in [0.25, 0.3) is 0 Å². The molecule has 0 heterocycles. The first-order valence-corrected chi connectivity index (χ1v) is 11.3. The van der Waals surface area contributed by atoms with Gasteiger partial charge in [-0.3, -0.25) is 0 Å². The van der Waals surface area contributed by atoms with Gasteiger partial charge in [0, 0.05) is 0 Å². The Bertz CT molecular complexity index is 666. The molecule has 3 fully saturated rings. The minimum absolute atomic E-state index is 0.393. The van der Waals surface area contributed by atoms with Gasteiger partial charge in [-0.15, -0.1) is 0 Å². The van der Waals surface area contributed by atoms with Gasteiger partial charge in [-0.05, 0) is 78.6 Å². The molecule has 3 rings (SSSR count). The normalized spacial score (nSPS) is 36.1. The fraction of sp³-hybridized carbons (Fsp3) is 0.692. The molecule has 0 spiro atoms. The SMILES string of the molecule is C=CC(=C/C)/C(=C1\C(=C\C)C2CC2(C)C1C(CC)CC)C1(O)CCCCC1. The van der Waals surface area contributed by atoms with Crippen molar-refractivity contribution < 1.29 is 5.11 Å². The molecule has 27 heavy (non-hydrogen) atoms. The smallest absolute Gasteiger partial charge is 0.0905 e. The third-order valence-corrected chi connectivity index (χ3v) is 8.05. The molecule has 1 heteroatoms. The van der Waals surface area contributed by atoms with Crippen molar-refractivity contribution in [2.75, 3.05) is 0 Å². The van der Waals surface area contributed by atoms with E-state index in [1.807, 2.05) is 6.08 Å². The molecular weight excluding hydrogens is 328 g/mol. The number of rotatable bonds is 6. The summed E-state index contributed by atoms with van der Waals surface area (Å²) >= 11 is 0. The molecule has 0 saturated heterocycles. The molecule has 0 aromatic rings. The minimum Gasteiger partial charge on any atom is -0.385 e. The van der Waals surface area contributed by atoms with E-state index in [2.05, 4.69) is 53.3 Å². The molecule has 1 N–H and O–H groups in total. The lowest BCUT2D eigenvalue weighted by molar-refractivity contribution is 0.0400. The van der Waals surface area contributed by atoms with E-state index in [-0.39, 0.29) is 0 Å². The van der Waals surface area contributed by atoms with Gasteiger partial charge < -0.3 is 5.11 Å². The van der Waals surface area contributed by atoms with Gasteiger partial charge in [0.05, 0.1) is 5.60 Å². The average Bonchev–Trinajstić information content (AvgIpc) is 3.28. The molecule has 3 saturated carbocycles. The van der Waals surface area contributed by atoms with E-state index in [1.54, 1.807) is 0 Å². The fourth-order valence-electron chi connectivity index (χ4n) is 6.50. The van der Waals surface area contributed by atoms with E-state index in [9.17, 15) is 5.11 Å². The second kappa shape index (κ2) is 7.74. The van der Waals surface area contributed by atoms with Crippen molar-refractivity contribution in [1.82, 2.24) is 0 Å². The summed E-state index contributed by atoms with van der Waals surface area (Å²) in [6, 6.07) is 0. The molecule has 3 aliphatic rings.